The standard InChI is InChI=1S/C44H31N/c1-3-11-31(12-4-1)37-27-29-39(43-17-9-7-15-41(37)43)33-19-23-35(24-20-33)45-36-25-21-34(22-26-36)40-30-28-38(32-13-5-2-6-14-32)42-16-8-10-18-44(40)42/h1-30,45H. The molecule has 8 aromatic carbocycles. The molecule has 0 aliphatic carbocycles. The Balaban J connectivity index is 1.05. The summed E-state index contributed by atoms with van der Waals surface area (Å²) in [6, 6.07) is 65.1. The van der Waals surface area contributed by atoms with Gasteiger partial charge in [-0.05, 0) is 90.3 Å². The molecule has 0 bridgehead atoms. The molecule has 1 heteroatoms. The smallest absolute Gasteiger partial charge is 0.0384 e. The minimum atomic E-state index is 1.06. The van der Waals surface area contributed by atoms with E-state index in [2.05, 4.69) is 187 Å². The van der Waals surface area contributed by atoms with E-state index in [1.54, 1.807) is 0 Å². The molecule has 0 aromatic heterocycles. The van der Waals surface area contributed by atoms with E-state index >= 15 is 0 Å². The highest BCUT2D eigenvalue weighted by atomic mass is 14.9. The molecule has 0 saturated carbocycles. The molecule has 0 atom stereocenters. The van der Waals surface area contributed by atoms with E-state index in [0.29, 0.717) is 0 Å². The van der Waals surface area contributed by atoms with Crippen LogP contribution in [0.25, 0.3) is 66.1 Å². The lowest BCUT2D eigenvalue weighted by molar-refractivity contribution is 1.54. The topological polar surface area (TPSA) is 12.0 Å². The second-order valence-electron chi connectivity index (χ2n) is 11.4. The van der Waals surface area contributed by atoms with Gasteiger partial charge in [-0.3, -0.25) is 0 Å². The van der Waals surface area contributed by atoms with Crippen LogP contribution in [-0.2, 0) is 0 Å². The first kappa shape index (κ1) is 26.7. The van der Waals surface area contributed by atoms with E-state index < -0.39 is 0 Å². The maximum atomic E-state index is 3.60. The summed E-state index contributed by atoms with van der Waals surface area (Å²) in [4.78, 5) is 0. The van der Waals surface area contributed by atoms with Crippen LogP contribution in [0.2, 0.25) is 0 Å². The SMILES string of the molecule is c1ccc(-c2ccc(-c3ccc(Nc4ccc(-c5ccc(-c6ccccc6)c6ccccc56)cc4)cc3)c3ccccc23)cc1. The highest BCUT2D eigenvalue weighted by Crippen LogP contribution is 2.38. The van der Waals surface area contributed by atoms with Gasteiger partial charge in [0.05, 0.1) is 0 Å². The lowest BCUT2D eigenvalue weighted by atomic mass is 9.92. The normalized spacial score (nSPS) is 11.1. The summed E-state index contributed by atoms with van der Waals surface area (Å²) in [5.41, 5.74) is 12.0. The fourth-order valence-corrected chi connectivity index (χ4v) is 6.47. The summed E-state index contributed by atoms with van der Waals surface area (Å²) >= 11 is 0. The van der Waals surface area contributed by atoms with Crippen LogP contribution in [0.1, 0.15) is 0 Å². The van der Waals surface area contributed by atoms with E-state index in [1.807, 2.05) is 0 Å². The Morgan fingerprint density at radius 3 is 0.800 bits per heavy atom. The third-order valence-corrected chi connectivity index (χ3v) is 8.70. The highest BCUT2D eigenvalue weighted by Gasteiger charge is 2.11. The molecular weight excluding hydrogens is 542 g/mol. The van der Waals surface area contributed by atoms with E-state index in [4.69, 9.17) is 0 Å². The van der Waals surface area contributed by atoms with E-state index in [1.165, 1.54) is 66.1 Å². The van der Waals surface area contributed by atoms with Gasteiger partial charge in [0.15, 0.2) is 0 Å². The Kier molecular flexibility index (Phi) is 6.90. The van der Waals surface area contributed by atoms with Gasteiger partial charge >= 0.3 is 0 Å². The van der Waals surface area contributed by atoms with Crippen LogP contribution in [0.5, 0.6) is 0 Å². The van der Waals surface area contributed by atoms with Crippen molar-refractivity contribution in [2.75, 3.05) is 5.32 Å². The van der Waals surface area contributed by atoms with E-state index in [9.17, 15) is 0 Å². The summed E-state index contributed by atoms with van der Waals surface area (Å²) in [6.07, 6.45) is 0. The van der Waals surface area contributed by atoms with Gasteiger partial charge < -0.3 is 5.32 Å². The Bertz CT molecular complexity index is 2080. The number of nitrogens with one attached hydrogen (secondary N) is 1. The number of fused-ring (bicyclic) bond motifs is 2. The number of benzene rings is 8. The molecule has 0 aliphatic heterocycles. The van der Waals surface area contributed by atoms with Crippen LogP contribution in [0, 0.1) is 0 Å². The van der Waals surface area contributed by atoms with Gasteiger partial charge in [-0.25, -0.2) is 0 Å². The Hall–Kier alpha value is -5.92. The van der Waals surface area contributed by atoms with E-state index in [-0.39, 0.29) is 0 Å². The fourth-order valence-electron chi connectivity index (χ4n) is 6.47. The second kappa shape index (κ2) is 11.6. The molecule has 8 rings (SSSR count). The summed E-state index contributed by atoms with van der Waals surface area (Å²) in [7, 11) is 0. The maximum absolute atomic E-state index is 3.60. The van der Waals surface area contributed by atoms with Gasteiger partial charge in [-0.15, -0.1) is 0 Å². The first-order chi connectivity index (χ1) is 22.3. The highest BCUT2D eigenvalue weighted by molar-refractivity contribution is 6.06. The molecule has 212 valence electrons. The first-order valence-electron chi connectivity index (χ1n) is 15.4. The molecule has 45 heavy (non-hydrogen) atoms. The predicted molar refractivity (Wildman–Crippen MR) is 193 cm³/mol. The second-order valence-corrected chi connectivity index (χ2v) is 11.4. The Morgan fingerprint density at radius 2 is 0.489 bits per heavy atom. The van der Waals surface area contributed by atoms with Crippen molar-refractivity contribution in [1.82, 2.24) is 0 Å². The minimum Gasteiger partial charge on any atom is -0.356 e. The first-order valence-corrected chi connectivity index (χ1v) is 15.4. The number of anilines is 2. The average molecular weight is 574 g/mol. The maximum Gasteiger partial charge on any atom is 0.0384 e. The molecule has 1 nitrogen and oxygen atoms in total. The van der Waals surface area contributed by atoms with Gasteiger partial charge in [0.1, 0.15) is 0 Å². The van der Waals surface area contributed by atoms with Gasteiger partial charge in [0, 0.05) is 11.4 Å². The third-order valence-electron chi connectivity index (χ3n) is 8.70. The van der Waals surface area contributed by atoms with Crippen LogP contribution >= 0.6 is 0 Å². The predicted octanol–water partition coefficient (Wildman–Crippen LogP) is 12.4. The lowest BCUT2D eigenvalue weighted by Crippen LogP contribution is -1.91. The third kappa shape index (κ3) is 5.15. The largest absolute Gasteiger partial charge is 0.356 e. The molecule has 0 amide bonds. The van der Waals surface area contributed by atoms with Crippen LogP contribution < -0.4 is 5.32 Å². The zero-order valence-corrected chi connectivity index (χ0v) is 24.8. The van der Waals surface area contributed by atoms with Gasteiger partial charge in [-0.2, -0.15) is 0 Å². The fraction of sp³-hybridized carbons (Fsp3) is 0. The molecule has 0 unspecified atom stereocenters. The lowest BCUT2D eigenvalue weighted by Gasteiger charge is -2.14. The molecule has 1 N–H and O–H groups in total. The average Bonchev–Trinajstić information content (AvgIpc) is 3.12. The zero-order valence-electron chi connectivity index (χ0n) is 24.8. The number of hydrogen-bond donors (Lipinski definition) is 1. The molecule has 0 aliphatic rings. The van der Waals surface area contributed by atoms with Crippen LogP contribution in [-0.4, -0.2) is 0 Å². The molecule has 0 heterocycles. The summed E-state index contributed by atoms with van der Waals surface area (Å²) in [6.45, 7) is 0. The quantitative estimate of drug-likeness (QED) is 0.209. The Morgan fingerprint density at radius 1 is 0.222 bits per heavy atom. The molecule has 8 aromatic rings. The molecule has 0 saturated heterocycles. The van der Waals surface area contributed by atoms with Gasteiger partial charge in [0.2, 0.25) is 0 Å². The van der Waals surface area contributed by atoms with Crippen LogP contribution in [0.4, 0.5) is 11.4 Å². The van der Waals surface area contributed by atoms with Crippen molar-refractivity contribution in [2.45, 2.75) is 0 Å². The van der Waals surface area contributed by atoms with Crippen molar-refractivity contribution in [3.63, 3.8) is 0 Å². The van der Waals surface area contributed by atoms with Crippen molar-refractivity contribution >= 4 is 32.9 Å². The summed E-state index contributed by atoms with van der Waals surface area (Å²) < 4.78 is 0. The monoisotopic (exact) mass is 573 g/mol. The van der Waals surface area contributed by atoms with Crippen LogP contribution in [0.15, 0.2) is 182 Å². The Labute approximate surface area is 264 Å². The van der Waals surface area contributed by atoms with E-state index in [0.717, 1.165) is 11.4 Å². The molecule has 0 spiro atoms. The van der Waals surface area contributed by atoms with Crippen molar-refractivity contribution in [3.05, 3.63) is 182 Å². The molecule has 0 radical (unpaired) electrons. The number of rotatable bonds is 6. The number of hydrogen-bond acceptors (Lipinski definition) is 1. The van der Waals surface area contributed by atoms with Crippen molar-refractivity contribution in [2.24, 2.45) is 0 Å². The minimum absolute atomic E-state index is 1.06. The van der Waals surface area contributed by atoms with Crippen molar-refractivity contribution < 1.29 is 0 Å². The van der Waals surface area contributed by atoms with Gasteiger partial charge in [-0.1, -0.05) is 158 Å². The molecular formula is C44H31N. The summed E-state index contributed by atoms with van der Waals surface area (Å²) in [5.74, 6) is 0. The van der Waals surface area contributed by atoms with Crippen LogP contribution in [0.3, 0.4) is 0 Å². The van der Waals surface area contributed by atoms with Crippen molar-refractivity contribution in [3.8, 4) is 44.5 Å². The summed E-state index contributed by atoms with van der Waals surface area (Å²) in [5, 5.41) is 8.66. The van der Waals surface area contributed by atoms with Gasteiger partial charge in [0.25, 0.3) is 0 Å². The van der Waals surface area contributed by atoms with Crippen molar-refractivity contribution in [1.29, 1.82) is 0 Å². The zero-order chi connectivity index (χ0) is 30.0. The molecule has 0 fully saturated rings.